The van der Waals surface area contributed by atoms with E-state index in [-0.39, 0.29) is 12.3 Å². The molecular weight excluding hydrogens is 372 g/mol. The minimum atomic E-state index is -3.45. The monoisotopic (exact) mass is 400 g/mol. The number of piperazine rings is 1. The first kappa shape index (κ1) is 21.2. The molecule has 1 fully saturated rings. The predicted octanol–water partition coefficient (Wildman–Crippen LogP) is -0.401. The van der Waals surface area contributed by atoms with Gasteiger partial charge in [-0.1, -0.05) is 5.16 Å². The van der Waals surface area contributed by atoms with Crippen LogP contribution in [0.2, 0.25) is 0 Å². The summed E-state index contributed by atoms with van der Waals surface area (Å²) < 4.78 is 31.2. The lowest BCUT2D eigenvalue weighted by atomic mass is 9.93. The molecule has 0 radical (unpaired) electrons. The van der Waals surface area contributed by atoms with E-state index < -0.39 is 21.3 Å². The second-order valence-electron chi connectivity index (χ2n) is 7.05. The molecule has 0 aromatic carbocycles. The Kier molecular flexibility index (Phi) is 6.82. The predicted molar refractivity (Wildman–Crippen MR) is 101 cm³/mol. The lowest BCUT2D eigenvalue weighted by Crippen LogP contribution is -2.54. The van der Waals surface area contributed by atoms with Gasteiger partial charge in [0, 0.05) is 38.8 Å². The highest BCUT2D eigenvalue weighted by molar-refractivity contribution is 7.88. The number of aliphatic imine (C=N–C) groups is 1. The normalized spacial score (nSPS) is 17.1. The van der Waals surface area contributed by atoms with Crippen LogP contribution in [0.15, 0.2) is 21.8 Å². The number of nitrogens with two attached hydrogens (primary N) is 1. The van der Waals surface area contributed by atoms with Crippen LogP contribution in [-0.4, -0.2) is 73.9 Å². The molecule has 2 rings (SSSR count). The zero-order chi connectivity index (χ0) is 20.1. The van der Waals surface area contributed by atoms with Gasteiger partial charge in [-0.3, -0.25) is 9.79 Å². The van der Waals surface area contributed by atoms with E-state index in [0.717, 1.165) is 0 Å². The van der Waals surface area contributed by atoms with Gasteiger partial charge in [0.25, 0.3) is 0 Å². The number of carbonyl (C=O) groups is 1. The number of amides is 1. The Balaban J connectivity index is 1.99. The summed E-state index contributed by atoms with van der Waals surface area (Å²) in [5, 5.41) is 6.85. The molecule has 152 valence electrons. The van der Waals surface area contributed by atoms with E-state index in [2.05, 4.69) is 15.5 Å². The topological polar surface area (TPSA) is 134 Å². The number of primary amides is 1. The fourth-order valence-electron chi connectivity index (χ4n) is 2.54. The Hall–Kier alpha value is -2.14. The van der Waals surface area contributed by atoms with Gasteiger partial charge in [-0.05, 0) is 20.8 Å². The Morgan fingerprint density at radius 2 is 2.04 bits per heavy atom. The van der Waals surface area contributed by atoms with Crippen molar-refractivity contribution in [1.82, 2.24) is 19.7 Å². The molecule has 1 aliphatic heterocycles. The summed E-state index contributed by atoms with van der Waals surface area (Å²) in [7, 11) is -3.45. The summed E-state index contributed by atoms with van der Waals surface area (Å²) in [6.45, 7) is 8.08. The van der Waals surface area contributed by atoms with Crippen molar-refractivity contribution < 1.29 is 17.7 Å². The van der Waals surface area contributed by atoms with Crippen molar-refractivity contribution in [2.24, 2.45) is 16.1 Å². The molecule has 27 heavy (non-hydrogen) atoms. The molecule has 1 aliphatic rings. The molecular formula is C16H28N6O4S. The molecule has 10 nitrogen and oxygen atoms in total. The first-order chi connectivity index (χ1) is 12.7. The van der Waals surface area contributed by atoms with Crippen molar-refractivity contribution in [1.29, 1.82) is 0 Å². The molecule has 0 unspecified atom stereocenters. The maximum atomic E-state index is 12.5. The van der Waals surface area contributed by atoms with Gasteiger partial charge in [0.2, 0.25) is 15.9 Å². The first-order valence-electron chi connectivity index (χ1n) is 8.86. The minimum Gasteiger partial charge on any atom is -0.369 e. The number of rotatable bonds is 7. The van der Waals surface area contributed by atoms with Crippen molar-refractivity contribution in [2.45, 2.75) is 26.5 Å². The van der Waals surface area contributed by atoms with Crippen LogP contribution in [0.25, 0.3) is 0 Å². The second kappa shape index (κ2) is 8.70. The summed E-state index contributed by atoms with van der Waals surface area (Å²) in [6, 6.07) is 1.55. The van der Waals surface area contributed by atoms with Crippen LogP contribution >= 0.6 is 0 Å². The number of carbonyl (C=O) groups excluding carboxylic acids is 1. The smallest absolute Gasteiger partial charge is 0.224 e. The summed E-state index contributed by atoms with van der Waals surface area (Å²) in [4.78, 5) is 18.0. The minimum absolute atomic E-state index is 0.176. The molecule has 0 bridgehead atoms. The fourth-order valence-corrected chi connectivity index (χ4v) is 3.97. The van der Waals surface area contributed by atoms with E-state index in [1.54, 1.807) is 19.9 Å². The summed E-state index contributed by atoms with van der Waals surface area (Å²) in [5.41, 5.74) is 5.05. The molecule has 0 atom stereocenters. The van der Waals surface area contributed by atoms with Crippen molar-refractivity contribution in [3.05, 3.63) is 18.0 Å². The van der Waals surface area contributed by atoms with E-state index in [1.807, 2.05) is 11.8 Å². The van der Waals surface area contributed by atoms with Crippen LogP contribution in [0.1, 0.15) is 26.5 Å². The first-order valence-corrected chi connectivity index (χ1v) is 10.5. The lowest BCUT2D eigenvalue weighted by molar-refractivity contribution is -0.125. The third-order valence-corrected chi connectivity index (χ3v) is 6.19. The average Bonchev–Trinajstić information content (AvgIpc) is 3.11. The van der Waals surface area contributed by atoms with Crippen LogP contribution in [0.5, 0.6) is 0 Å². The average molecular weight is 401 g/mol. The summed E-state index contributed by atoms with van der Waals surface area (Å²) in [5.74, 6) is 0.0658. The molecule has 2 heterocycles. The zero-order valence-corrected chi connectivity index (χ0v) is 16.8. The molecule has 3 N–H and O–H groups in total. The van der Waals surface area contributed by atoms with Gasteiger partial charge in [0.05, 0.1) is 17.7 Å². The SMILES string of the molecule is CCNC(=NCC(C)(C)C(N)=O)N1CCN(S(=O)(=O)Cc2ccon2)CC1. The van der Waals surface area contributed by atoms with E-state index in [9.17, 15) is 13.2 Å². The van der Waals surface area contributed by atoms with Gasteiger partial charge in [-0.15, -0.1) is 0 Å². The maximum Gasteiger partial charge on any atom is 0.224 e. The molecule has 11 heteroatoms. The highest BCUT2D eigenvalue weighted by Gasteiger charge is 2.30. The number of hydrogen-bond acceptors (Lipinski definition) is 6. The molecule has 1 saturated heterocycles. The zero-order valence-electron chi connectivity index (χ0n) is 16.0. The Labute approximate surface area is 159 Å². The van der Waals surface area contributed by atoms with Crippen molar-refractivity contribution >= 4 is 21.9 Å². The number of nitrogens with zero attached hydrogens (tertiary/aromatic N) is 4. The summed E-state index contributed by atoms with van der Waals surface area (Å²) >= 11 is 0. The maximum absolute atomic E-state index is 12.5. The Bertz CT molecular complexity index is 752. The quantitative estimate of drug-likeness (QED) is 0.470. The van der Waals surface area contributed by atoms with Gasteiger partial charge < -0.3 is 20.5 Å². The largest absolute Gasteiger partial charge is 0.369 e. The molecule has 1 aromatic rings. The van der Waals surface area contributed by atoms with Crippen LogP contribution < -0.4 is 11.1 Å². The van der Waals surface area contributed by atoms with Gasteiger partial charge >= 0.3 is 0 Å². The summed E-state index contributed by atoms with van der Waals surface area (Å²) in [6.07, 6.45) is 1.36. The van der Waals surface area contributed by atoms with E-state index in [4.69, 9.17) is 10.3 Å². The van der Waals surface area contributed by atoms with E-state index in [0.29, 0.717) is 44.4 Å². The van der Waals surface area contributed by atoms with Gasteiger partial charge in [0.1, 0.15) is 12.0 Å². The molecule has 0 aliphatic carbocycles. The van der Waals surface area contributed by atoms with Crippen LogP contribution in [0, 0.1) is 5.41 Å². The Morgan fingerprint density at radius 1 is 1.37 bits per heavy atom. The highest BCUT2D eigenvalue weighted by atomic mass is 32.2. The number of aromatic nitrogens is 1. The number of nitrogens with one attached hydrogen (secondary N) is 1. The lowest BCUT2D eigenvalue weighted by Gasteiger charge is -2.36. The molecule has 1 amide bonds. The van der Waals surface area contributed by atoms with Crippen LogP contribution in [0.4, 0.5) is 0 Å². The third kappa shape index (κ3) is 5.67. The van der Waals surface area contributed by atoms with Crippen molar-refractivity contribution in [3.8, 4) is 0 Å². The Morgan fingerprint density at radius 3 is 2.56 bits per heavy atom. The third-order valence-electron chi connectivity index (χ3n) is 4.38. The second-order valence-corrected chi connectivity index (χ2v) is 9.02. The number of sulfonamides is 1. The molecule has 0 saturated carbocycles. The fraction of sp³-hybridized carbons (Fsp3) is 0.688. The van der Waals surface area contributed by atoms with Crippen LogP contribution in [0.3, 0.4) is 0 Å². The number of hydrogen-bond donors (Lipinski definition) is 2. The standard InChI is InChI=1S/C16H28N6O4S/c1-4-18-15(19-12-16(2,3)14(17)23)21-6-8-22(9-7-21)27(24,25)11-13-5-10-26-20-13/h5,10H,4,6-9,11-12H2,1-3H3,(H2,17,23)(H,18,19). The van der Waals surface area contributed by atoms with Crippen molar-refractivity contribution in [2.75, 3.05) is 39.3 Å². The highest BCUT2D eigenvalue weighted by Crippen LogP contribution is 2.16. The van der Waals surface area contributed by atoms with Gasteiger partial charge in [0.15, 0.2) is 5.96 Å². The van der Waals surface area contributed by atoms with E-state index >= 15 is 0 Å². The van der Waals surface area contributed by atoms with Crippen LogP contribution in [-0.2, 0) is 20.6 Å². The van der Waals surface area contributed by atoms with Gasteiger partial charge in [-0.2, -0.15) is 4.31 Å². The molecule has 1 aromatic heterocycles. The van der Waals surface area contributed by atoms with Gasteiger partial charge in [-0.25, -0.2) is 8.42 Å². The number of guanidine groups is 1. The molecule has 0 spiro atoms. The van der Waals surface area contributed by atoms with Crippen molar-refractivity contribution in [3.63, 3.8) is 0 Å². The van der Waals surface area contributed by atoms with E-state index in [1.165, 1.54) is 10.6 Å².